The van der Waals surface area contributed by atoms with E-state index in [1.54, 1.807) is 5.38 Å². The van der Waals surface area contributed by atoms with E-state index < -0.39 is 17.5 Å². The monoisotopic (exact) mass is 257 g/mol. The van der Waals surface area contributed by atoms with Crippen molar-refractivity contribution >= 4 is 28.5 Å². The number of nitrogens with one attached hydrogen (secondary N) is 1. The lowest BCUT2D eigenvalue weighted by Crippen LogP contribution is -2.52. The van der Waals surface area contributed by atoms with Crippen LogP contribution in [-0.2, 0) is 4.79 Å². The number of aryl methyl sites for hydroxylation is 1. The first kappa shape index (κ1) is 13.4. The van der Waals surface area contributed by atoms with E-state index in [9.17, 15) is 9.59 Å². The molecule has 17 heavy (non-hydrogen) atoms. The quantitative estimate of drug-likeness (QED) is 0.864. The molecule has 0 fully saturated rings. The van der Waals surface area contributed by atoms with Gasteiger partial charge in [-0.05, 0) is 20.8 Å². The largest absolute Gasteiger partial charge is 0.480 e. The SMILES string of the molecule is Cc1csc(NC(=O)N(C)C(C)(C)C(=O)O)n1. The molecule has 0 unspecified atom stereocenters. The van der Waals surface area contributed by atoms with E-state index in [0.717, 1.165) is 10.6 Å². The first-order valence-electron chi connectivity index (χ1n) is 4.95. The third-order valence-electron chi connectivity index (χ3n) is 2.50. The fraction of sp³-hybridized carbons (Fsp3) is 0.500. The molecule has 0 aliphatic rings. The molecule has 0 saturated carbocycles. The zero-order chi connectivity index (χ0) is 13.2. The highest BCUT2D eigenvalue weighted by Gasteiger charge is 2.35. The second-order valence-electron chi connectivity index (χ2n) is 4.15. The van der Waals surface area contributed by atoms with E-state index in [2.05, 4.69) is 10.3 Å². The number of aliphatic carboxylic acids is 1. The smallest absolute Gasteiger partial charge is 0.329 e. The van der Waals surface area contributed by atoms with Crippen molar-refractivity contribution in [1.82, 2.24) is 9.88 Å². The van der Waals surface area contributed by atoms with Crippen LogP contribution in [0.15, 0.2) is 5.38 Å². The topological polar surface area (TPSA) is 82.5 Å². The maximum absolute atomic E-state index is 11.8. The molecule has 0 saturated heterocycles. The highest BCUT2D eigenvalue weighted by atomic mass is 32.1. The Morgan fingerprint density at radius 2 is 2.12 bits per heavy atom. The van der Waals surface area contributed by atoms with Gasteiger partial charge < -0.3 is 10.0 Å². The summed E-state index contributed by atoms with van der Waals surface area (Å²) in [5.74, 6) is -1.06. The van der Waals surface area contributed by atoms with Crippen molar-refractivity contribution in [1.29, 1.82) is 0 Å². The van der Waals surface area contributed by atoms with Crippen LogP contribution < -0.4 is 5.32 Å². The maximum atomic E-state index is 11.8. The first-order valence-corrected chi connectivity index (χ1v) is 5.83. The van der Waals surface area contributed by atoms with Gasteiger partial charge >= 0.3 is 12.0 Å². The van der Waals surface area contributed by atoms with E-state index in [4.69, 9.17) is 5.11 Å². The van der Waals surface area contributed by atoms with Crippen LogP contribution in [0.2, 0.25) is 0 Å². The van der Waals surface area contributed by atoms with Gasteiger partial charge in [0.1, 0.15) is 5.54 Å². The van der Waals surface area contributed by atoms with Crippen LogP contribution in [0, 0.1) is 6.92 Å². The molecule has 0 spiro atoms. The van der Waals surface area contributed by atoms with E-state index in [0.29, 0.717) is 5.13 Å². The summed E-state index contributed by atoms with van der Waals surface area (Å²) in [6.07, 6.45) is 0. The number of hydrogen-bond donors (Lipinski definition) is 2. The Morgan fingerprint density at radius 1 is 1.53 bits per heavy atom. The van der Waals surface area contributed by atoms with Crippen molar-refractivity contribution in [3.05, 3.63) is 11.1 Å². The van der Waals surface area contributed by atoms with E-state index >= 15 is 0 Å². The highest BCUT2D eigenvalue weighted by molar-refractivity contribution is 7.13. The van der Waals surface area contributed by atoms with E-state index in [1.165, 1.54) is 32.2 Å². The Morgan fingerprint density at radius 3 is 2.53 bits per heavy atom. The van der Waals surface area contributed by atoms with Gasteiger partial charge in [-0.2, -0.15) is 0 Å². The molecule has 0 aromatic carbocycles. The third kappa shape index (κ3) is 2.94. The maximum Gasteiger partial charge on any atom is 0.329 e. The molecule has 1 heterocycles. The molecular formula is C10H15N3O3S. The van der Waals surface area contributed by atoms with Crippen LogP contribution in [0.3, 0.4) is 0 Å². The van der Waals surface area contributed by atoms with Gasteiger partial charge in [0.25, 0.3) is 0 Å². The molecule has 1 rings (SSSR count). The molecule has 2 N–H and O–H groups in total. The van der Waals surface area contributed by atoms with Crippen LogP contribution in [0.1, 0.15) is 19.5 Å². The van der Waals surface area contributed by atoms with Crippen LogP contribution >= 0.6 is 11.3 Å². The number of urea groups is 1. The number of hydrogen-bond acceptors (Lipinski definition) is 4. The molecule has 6 nitrogen and oxygen atoms in total. The van der Waals surface area contributed by atoms with Gasteiger partial charge in [-0.1, -0.05) is 0 Å². The number of rotatable bonds is 3. The number of thiazole rings is 1. The average Bonchev–Trinajstić information content (AvgIpc) is 2.62. The highest BCUT2D eigenvalue weighted by Crippen LogP contribution is 2.18. The van der Waals surface area contributed by atoms with Crippen molar-refractivity contribution in [3.63, 3.8) is 0 Å². The number of nitrogens with zero attached hydrogens (tertiary/aromatic N) is 2. The fourth-order valence-electron chi connectivity index (χ4n) is 0.984. The number of carboxylic acid groups (broad SMARTS) is 1. The van der Waals surface area contributed by atoms with Crippen LogP contribution in [-0.4, -0.2) is 39.6 Å². The molecule has 94 valence electrons. The van der Waals surface area contributed by atoms with Crippen LogP contribution in [0.5, 0.6) is 0 Å². The number of anilines is 1. The number of likely N-dealkylation sites (N-methyl/N-ethyl adjacent to an activating group) is 1. The number of carbonyl (C=O) groups excluding carboxylic acids is 1. The molecule has 1 aromatic heterocycles. The molecule has 1 aromatic rings. The van der Waals surface area contributed by atoms with Crippen molar-refractivity contribution in [2.24, 2.45) is 0 Å². The van der Waals surface area contributed by atoms with Gasteiger partial charge in [-0.3, -0.25) is 5.32 Å². The lowest BCUT2D eigenvalue weighted by Gasteiger charge is -2.31. The molecule has 0 aliphatic carbocycles. The minimum atomic E-state index is -1.27. The van der Waals surface area contributed by atoms with Gasteiger partial charge in [-0.25, -0.2) is 14.6 Å². The van der Waals surface area contributed by atoms with Crippen LogP contribution in [0.4, 0.5) is 9.93 Å². The van der Waals surface area contributed by atoms with Gasteiger partial charge in [0.05, 0.1) is 5.69 Å². The minimum absolute atomic E-state index is 0.459. The molecule has 0 radical (unpaired) electrons. The summed E-state index contributed by atoms with van der Waals surface area (Å²) in [6, 6.07) is -0.494. The zero-order valence-electron chi connectivity index (χ0n) is 10.1. The van der Waals surface area contributed by atoms with E-state index in [1.807, 2.05) is 6.92 Å². The molecular weight excluding hydrogens is 242 g/mol. The summed E-state index contributed by atoms with van der Waals surface area (Å²) in [6.45, 7) is 4.74. The number of carboxylic acids is 1. The molecule has 7 heteroatoms. The lowest BCUT2D eigenvalue weighted by atomic mass is 10.1. The van der Waals surface area contributed by atoms with Gasteiger partial charge in [0.2, 0.25) is 0 Å². The average molecular weight is 257 g/mol. The van der Waals surface area contributed by atoms with Gasteiger partial charge in [-0.15, -0.1) is 11.3 Å². The third-order valence-corrected chi connectivity index (χ3v) is 3.37. The summed E-state index contributed by atoms with van der Waals surface area (Å²) in [7, 11) is 1.43. The number of aromatic nitrogens is 1. The molecule has 0 aliphatic heterocycles. The summed E-state index contributed by atoms with van der Waals surface area (Å²) < 4.78 is 0. The van der Waals surface area contributed by atoms with Crippen molar-refractivity contribution in [3.8, 4) is 0 Å². The van der Waals surface area contributed by atoms with Gasteiger partial charge in [0.15, 0.2) is 5.13 Å². The van der Waals surface area contributed by atoms with Crippen LogP contribution in [0.25, 0.3) is 0 Å². The van der Waals surface area contributed by atoms with Gasteiger partial charge in [0, 0.05) is 12.4 Å². The molecule has 0 atom stereocenters. The summed E-state index contributed by atoms with van der Waals surface area (Å²) >= 11 is 1.30. The Balaban J connectivity index is 2.74. The Kier molecular flexibility index (Phi) is 3.72. The molecule has 0 bridgehead atoms. The first-order chi connectivity index (χ1) is 7.75. The second kappa shape index (κ2) is 4.70. The van der Waals surface area contributed by atoms with Crippen molar-refractivity contribution in [2.75, 3.05) is 12.4 Å². The Hall–Kier alpha value is -1.63. The second-order valence-corrected chi connectivity index (χ2v) is 5.01. The standard InChI is InChI=1S/C10H15N3O3S/c1-6-5-17-8(11-6)12-9(16)13(4)10(2,3)7(14)15/h5H,1-4H3,(H,14,15)(H,11,12,16). The van der Waals surface area contributed by atoms with Crippen molar-refractivity contribution in [2.45, 2.75) is 26.3 Å². The normalized spacial score (nSPS) is 11.1. The fourth-order valence-corrected chi connectivity index (χ4v) is 1.66. The Labute approximate surface area is 103 Å². The number of carbonyl (C=O) groups is 2. The van der Waals surface area contributed by atoms with E-state index in [-0.39, 0.29) is 0 Å². The molecule has 2 amide bonds. The predicted molar refractivity (Wildman–Crippen MR) is 65.3 cm³/mol. The van der Waals surface area contributed by atoms with Crippen molar-refractivity contribution < 1.29 is 14.7 Å². The number of amides is 2. The minimum Gasteiger partial charge on any atom is -0.480 e. The predicted octanol–water partition coefficient (Wildman–Crippen LogP) is 1.78. The summed E-state index contributed by atoms with van der Waals surface area (Å²) in [5, 5.41) is 13.8. The zero-order valence-corrected chi connectivity index (χ0v) is 11.0. The lowest BCUT2D eigenvalue weighted by molar-refractivity contribution is -0.146. The summed E-state index contributed by atoms with van der Waals surface area (Å²) in [4.78, 5) is 28.0. The Bertz CT molecular complexity index is 442. The summed E-state index contributed by atoms with van der Waals surface area (Å²) in [5.41, 5.74) is -0.457.